The van der Waals surface area contributed by atoms with Gasteiger partial charge in [0.25, 0.3) is 0 Å². The average molecular weight is 222 g/mol. The fraction of sp³-hybridized carbons (Fsp3) is 0.583. The number of rotatable bonds is 6. The Morgan fingerprint density at radius 3 is 2.62 bits per heavy atom. The van der Waals surface area contributed by atoms with Gasteiger partial charge in [0.05, 0.1) is 12.8 Å². The third-order valence-corrected chi connectivity index (χ3v) is 2.40. The Hall–Kier alpha value is -1.45. The van der Waals surface area contributed by atoms with Crippen molar-refractivity contribution < 1.29 is 9.53 Å². The molecular weight excluding hydrogens is 204 g/mol. The maximum absolute atomic E-state index is 11.1. The molecule has 16 heavy (non-hydrogen) atoms. The highest BCUT2D eigenvalue weighted by atomic mass is 16.5. The van der Waals surface area contributed by atoms with Crippen molar-refractivity contribution in [2.75, 3.05) is 7.11 Å². The molecule has 0 unspecified atom stereocenters. The first kappa shape index (κ1) is 12.6. The van der Waals surface area contributed by atoms with Crippen LogP contribution in [-0.2, 0) is 11.2 Å². The molecule has 1 aromatic heterocycles. The minimum atomic E-state index is -0.440. The fourth-order valence-electron chi connectivity index (χ4n) is 1.44. The van der Waals surface area contributed by atoms with Crippen molar-refractivity contribution in [1.82, 2.24) is 10.2 Å². The van der Waals surface area contributed by atoms with Crippen molar-refractivity contribution in [1.29, 1.82) is 0 Å². The number of hydrogen-bond donors (Lipinski definition) is 0. The second-order valence-corrected chi connectivity index (χ2v) is 3.71. The molecule has 0 fully saturated rings. The highest BCUT2D eigenvalue weighted by Crippen LogP contribution is 2.05. The SMILES string of the molecule is CCCCCCc1ccc(C(=O)OC)nn1. The minimum absolute atomic E-state index is 0.264. The number of unbranched alkanes of at least 4 members (excludes halogenated alkanes) is 3. The topological polar surface area (TPSA) is 52.1 Å². The Bertz CT molecular complexity index is 322. The van der Waals surface area contributed by atoms with Gasteiger partial charge in [0, 0.05) is 0 Å². The summed E-state index contributed by atoms with van der Waals surface area (Å²) in [7, 11) is 1.34. The zero-order valence-corrected chi connectivity index (χ0v) is 9.90. The van der Waals surface area contributed by atoms with Gasteiger partial charge in [-0.25, -0.2) is 4.79 Å². The lowest BCUT2D eigenvalue weighted by molar-refractivity contribution is 0.0592. The average Bonchev–Trinajstić information content (AvgIpc) is 2.34. The predicted molar refractivity (Wildman–Crippen MR) is 61.2 cm³/mol. The summed E-state index contributed by atoms with van der Waals surface area (Å²) in [6.45, 7) is 2.19. The van der Waals surface area contributed by atoms with E-state index in [4.69, 9.17) is 0 Å². The van der Waals surface area contributed by atoms with E-state index in [1.54, 1.807) is 6.07 Å². The smallest absolute Gasteiger partial charge is 0.358 e. The number of esters is 1. The van der Waals surface area contributed by atoms with Crippen LogP contribution in [0.3, 0.4) is 0 Å². The Balaban J connectivity index is 2.42. The van der Waals surface area contributed by atoms with Crippen molar-refractivity contribution in [3.63, 3.8) is 0 Å². The van der Waals surface area contributed by atoms with Crippen molar-refractivity contribution in [3.05, 3.63) is 23.5 Å². The van der Waals surface area contributed by atoms with Gasteiger partial charge in [0.1, 0.15) is 0 Å². The second-order valence-electron chi connectivity index (χ2n) is 3.71. The van der Waals surface area contributed by atoms with E-state index in [0.29, 0.717) is 0 Å². The van der Waals surface area contributed by atoms with Gasteiger partial charge in [0.15, 0.2) is 5.69 Å². The molecule has 0 N–H and O–H groups in total. The summed E-state index contributed by atoms with van der Waals surface area (Å²) in [6, 6.07) is 3.50. The van der Waals surface area contributed by atoms with Gasteiger partial charge in [-0.1, -0.05) is 26.2 Å². The summed E-state index contributed by atoms with van der Waals surface area (Å²) in [5.41, 5.74) is 1.20. The van der Waals surface area contributed by atoms with E-state index in [-0.39, 0.29) is 5.69 Å². The molecule has 4 heteroatoms. The van der Waals surface area contributed by atoms with Gasteiger partial charge in [-0.15, -0.1) is 5.10 Å². The lowest BCUT2D eigenvalue weighted by Gasteiger charge is -2.01. The molecule has 1 aromatic rings. The maximum atomic E-state index is 11.1. The molecule has 0 saturated carbocycles. The van der Waals surface area contributed by atoms with Crippen LogP contribution in [-0.4, -0.2) is 23.3 Å². The van der Waals surface area contributed by atoms with Crippen LogP contribution in [0.25, 0.3) is 0 Å². The quantitative estimate of drug-likeness (QED) is 0.547. The molecule has 0 radical (unpaired) electrons. The van der Waals surface area contributed by atoms with Gasteiger partial charge in [-0.2, -0.15) is 5.10 Å². The van der Waals surface area contributed by atoms with Gasteiger partial charge >= 0.3 is 5.97 Å². The van der Waals surface area contributed by atoms with Crippen molar-refractivity contribution in [2.45, 2.75) is 39.0 Å². The lowest BCUT2D eigenvalue weighted by atomic mass is 10.1. The molecule has 1 heterocycles. The van der Waals surface area contributed by atoms with E-state index in [1.165, 1.54) is 26.4 Å². The van der Waals surface area contributed by atoms with Crippen LogP contribution >= 0.6 is 0 Å². The fourth-order valence-corrected chi connectivity index (χ4v) is 1.44. The molecule has 0 aromatic carbocycles. The largest absolute Gasteiger partial charge is 0.464 e. The normalized spacial score (nSPS) is 10.1. The maximum Gasteiger partial charge on any atom is 0.358 e. The van der Waals surface area contributed by atoms with E-state index in [2.05, 4.69) is 21.9 Å². The molecule has 1 rings (SSSR count). The number of hydrogen-bond acceptors (Lipinski definition) is 4. The molecule has 0 aliphatic carbocycles. The van der Waals surface area contributed by atoms with Crippen LogP contribution < -0.4 is 0 Å². The summed E-state index contributed by atoms with van der Waals surface area (Å²) in [5, 5.41) is 7.82. The number of carbonyl (C=O) groups excluding carboxylic acids is 1. The molecular formula is C12H18N2O2. The molecule has 0 saturated heterocycles. The minimum Gasteiger partial charge on any atom is -0.464 e. The number of aryl methyl sites for hydroxylation is 1. The van der Waals surface area contributed by atoms with Crippen molar-refractivity contribution in [3.8, 4) is 0 Å². The number of methoxy groups -OCH3 is 1. The number of aromatic nitrogens is 2. The number of ether oxygens (including phenoxy) is 1. The van der Waals surface area contributed by atoms with E-state index >= 15 is 0 Å². The zero-order chi connectivity index (χ0) is 11.8. The second kappa shape index (κ2) is 6.93. The van der Waals surface area contributed by atoms with Gasteiger partial charge in [-0.05, 0) is 25.0 Å². The third-order valence-electron chi connectivity index (χ3n) is 2.40. The molecule has 88 valence electrons. The summed E-state index contributed by atoms with van der Waals surface area (Å²) in [5.74, 6) is -0.440. The van der Waals surface area contributed by atoms with E-state index in [1.807, 2.05) is 6.07 Å². The summed E-state index contributed by atoms with van der Waals surface area (Å²) in [6.07, 6.45) is 5.76. The summed E-state index contributed by atoms with van der Waals surface area (Å²) in [4.78, 5) is 11.1. The summed E-state index contributed by atoms with van der Waals surface area (Å²) < 4.78 is 4.55. The van der Waals surface area contributed by atoms with Crippen molar-refractivity contribution >= 4 is 5.97 Å². The van der Waals surface area contributed by atoms with Crippen LogP contribution in [0.4, 0.5) is 0 Å². The van der Waals surface area contributed by atoms with Crippen LogP contribution in [0.15, 0.2) is 12.1 Å². The van der Waals surface area contributed by atoms with Gasteiger partial charge in [-0.3, -0.25) is 0 Å². The molecule has 4 nitrogen and oxygen atoms in total. The molecule has 0 atom stereocenters. The molecule has 0 aliphatic heterocycles. The predicted octanol–water partition coefficient (Wildman–Crippen LogP) is 2.39. The highest BCUT2D eigenvalue weighted by molar-refractivity contribution is 5.86. The Labute approximate surface area is 96.0 Å². The van der Waals surface area contributed by atoms with E-state index in [0.717, 1.165) is 18.5 Å². The summed E-state index contributed by atoms with van der Waals surface area (Å²) >= 11 is 0. The Morgan fingerprint density at radius 2 is 2.06 bits per heavy atom. The third kappa shape index (κ3) is 3.96. The van der Waals surface area contributed by atoms with E-state index < -0.39 is 5.97 Å². The molecule has 0 bridgehead atoms. The Kier molecular flexibility index (Phi) is 5.46. The van der Waals surface area contributed by atoms with E-state index in [9.17, 15) is 4.79 Å². The first-order chi connectivity index (χ1) is 7.77. The molecule has 0 spiro atoms. The zero-order valence-electron chi connectivity index (χ0n) is 9.90. The van der Waals surface area contributed by atoms with Crippen molar-refractivity contribution in [2.24, 2.45) is 0 Å². The molecule has 0 aliphatic rings. The molecule has 0 amide bonds. The number of carbonyl (C=O) groups is 1. The number of nitrogens with zero attached hydrogens (tertiary/aromatic N) is 2. The van der Waals surface area contributed by atoms with Gasteiger partial charge in [0.2, 0.25) is 0 Å². The van der Waals surface area contributed by atoms with Crippen LogP contribution in [0.1, 0.15) is 48.8 Å². The standard InChI is InChI=1S/C12H18N2O2/c1-3-4-5-6-7-10-8-9-11(14-13-10)12(15)16-2/h8-9H,3-7H2,1-2H3. The first-order valence-electron chi connectivity index (χ1n) is 5.69. The Morgan fingerprint density at radius 1 is 1.25 bits per heavy atom. The monoisotopic (exact) mass is 222 g/mol. The van der Waals surface area contributed by atoms with Gasteiger partial charge < -0.3 is 4.74 Å². The van der Waals surface area contributed by atoms with Crippen LogP contribution in [0, 0.1) is 0 Å². The first-order valence-corrected chi connectivity index (χ1v) is 5.69. The highest BCUT2D eigenvalue weighted by Gasteiger charge is 2.07. The van der Waals surface area contributed by atoms with Crippen LogP contribution in [0.5, 0.6) is 0 Å². The lowest BCUT2D eigenvalue weighted by Crippen LogP contribution is -2.06. The van der Waals surface area contributed by atoms with Crippen LogP contribution in [0.2, 0.25) is 0 Å².